The van der Waals surface area contributed by atoms with Crippen LogP contribution in [0.2, 0.25) is 0 Å². The molecule has 2 aromatic rings. The van der Waals surface area contributed by atoms with Crippen LogP contribution < -0.4 is 5.32 Å². The average Bonchev–Trinajstić information content (AvgIpc) is 2.99. The van der Waals surface area contributed by atoms with Crippen LogP contribution in [0.15, 0.2) is 42.5 Å². The summed E-state index contributed by atoms with van der Waals surface area (Å²) >= 11 is 0. The van der Waals surface area contributed by atoms with Crippen molar-refractivity contribution < 1.29 is 4.79 Å². The summed E-state index contributed by atoms with van der Waals surface area (Å²) in [7, 11) is 1.90. The minimum atomic E-state index is 0.114. The Morgan fingerprint density at radius 1 is 1.25 bits per heavy atom. The fourth-order valence-corrected chi connectivity index (χ4v) is 2.88. The van der Waals surface area contributed by atoms with Crippen molar-refractivity contribution in [3.8, 4) is 0 Å². The molecule has 0 aromatic heterocycles. The van der Waals surface area contributed by atoms with Crippen LogP contribution in [0.4, 0.5) is 0 Å². The second kappa shape index (κ2) is 5.63. The Bertz CT molecular complexity index is 617. The molecule has 3 heteroatoms. The molecule has 1 heterocycles. The van der Waals surface area contributed by atoms with Crippen molar-refractivity contribution in [1.29, 1.82) is 0 Å². The molecule has 0 saturated carbocycles. The lowest BCUT2D eigenvalue weighted by Crippen LogP contribution is -2.32. The van der Waals surface area contributed by atoms with Gasteiger partial charge in [0.2, 0.25) is 0 Å². The standard InChI is InChI=1S/C17H20N2O/c1-19(12-13-8-9-18-11-13)17(20)16-7-6-14-4-2-3-5-15(14)10-16/h2-7,10,13,18H,8-9,11-12H2,1H3. The molecule has 20 heavy (non-hydrogen) atoms. The van der Waals surface area contributed by atoms with Crippen molar-refractivity contribution in [2.45, 2.75) is 6.42 Å². The molecule has 0 spiro atoms. The molecule has 1 saturated heterocycles. The highest BCUT2D eigenvalue weighted by atomic mass is 16.2. The van der Waals surface area contributed by atoms with E-state index in [-0.39, 0.29) is 5.91 Å². The second-order valence-electron chi connectivity index (χ2n) is 5.61. The third-order valence-electron chi connectivity index (χ3n) is 4.04. The number of amides is 1. The van der Waals surface area contributed by atoms with Crippen LogP contribution in [0.5, 0.6) is 0 Å². The third kappa shape index (κ3) is 2.68. The SMILES string of the molecule is CN(CC1CCNC1)C(=O)c1ccc2ccccc2c1. The quantitative estimate of drug-likeness (QED) is 0.927. The monoisotopic (exact) mass is 268 g/mol. The van der Waals surface area contributed by atoms with Gasteiger partial charge in [0.15, 0.2) is 0 Å². The van der Waals surface area contributed by atoms with E-state index in [4.69, 9.17) is 0 Å². The fraction of sp³-hybridized carbons (Fsp3) is 0.353. The maximum atomic E-state index is 12.5. The Hall–Kier alpha value is -1.87. The van der Waals surface area contributed by atoms with Gasteiger partial charge in [-0.2, -0.15) is 0 Å². The lowest BCUT2D eigenvalue weighted by atomic mass is 10.1. The summed E-state index contributed by atoms with van der Waals surface area (Å²) in [6.07, 6.45) is 1.16. The van der Waals surface area contributed by atoms with E-state index in [1.54, 1.807) is 0 Å². The van der Waals surface area contributed by atoms with Crippen LogP contribution in [0.25, 0.3) is 10.8 Å². The van der Waals surface area contributed by atoms with Crippen molar-refractivity contribution in [2.24, 2.45) is 5.92 Å². The second-order valence-corrected chi connectivity index (χ2v) is 5.61. The predicted octanol–water partition coefficient (Wildman–Crippen LogP) is 2.52. The third-order valence-corrected chi connectivity index (χ3v) is 4.04. The maximum absolute atomic E-state index is 12.5. The molecule has 1 atom stereocenters. The number of nitrogens with one attached hydrogen (secondary N) is 1. The molecule has 0 radical (unpaired) electrons. The van der Waals surface area contributed by atoms with E-state index in [0.717, 1.165) is 37.0 Å². The minimum absolute atomic E-state index is 0.114. The molecular formula is C17H20N2O. The zero-order valence-corrected chi connectivity index (χ0v) is 11.8. The normalized spacial score (nSPS) is 18.4. The van der Waals surface area contributed by atoms with Crippen molar-refractivity contribution >= 4 is 16.7 Å². The molecule has 2 aromatic carbocycles. The first-order valence-corrected chi connectivity index (χ1v) is 7.19. The van der Waals surface area contributed by atoms with Gasteiger partial charge in [-0.1, -0.05) is 30.3 Å². The van der Waals surface area contributed by atoms with E-state index in [1.165, 1.54) is 5.39 Å². The summed E-state index contributed by atoms with van der Waals surface area (Å²) in [5.41, 5.74) is 0.775. The average molecular weight is 268 g/mol. The molecule has 104 valence electrons. The highest BCUT2D eigenvalue weighted by Crippen LogP contribution is 2.17. The number of hydrogen-bond acceptors (Lipinski definition) is 2. The van der Waals surface area contributed by atoms with Gasteiger partial charge in [0.05, 0.1) is 0 Å². The van der Waals surface area contributed by atoms with Gasteiger partial charge >= 0.3 is 0 Å². The van der Waals surface area contributed by atoms with Gasteiger partial charge in [-0.25, -0.2) is 0 Å². The molecular weight excluding hydrogens is 248 g/mol. The van der Waals surface area contributed by atoms with Crippen LogP contribution in [0.3, 0.4) is 0 Å². The van der Waals surface area contributed by atoms with Gasteiger partial charge < -0.3 is 10.2 Å². The summed E-state index contributed by atoms with van der Waals surface area (Å²) in [4.78, 5) is 14.3. The van der Waals surface area contributed by atoms with Crippen molar-refractivity contribution in [3.05, 3.63) is 48.0 Å². The molecule has 0 bridgehead atoms. The Labute approximate surface area is 119 Å². The Morgan fingerprint density at radius 2 is 2.05 bits per heavy atom. The zero-order valence-electron chi connectivity index (χ0n) is 11.8. The number of benzene rings is 2. The minimum Gasteiger partial charge on any atom is -0.341 e. The van der Waals surface area contributed by atoms with E-state index in [1.807, 2.05) is 48.3 Å². The topological polar surface area (TPSA) is 32.3 Å². The van der Waals surface area contributed by atoms with Crippen LogP contribution in [-0.2, 0) is 0 Å². The number of rotatable bonds is 3. The van der Waals surface area contributed by atoms with E-state index in [9.17, 15) is 4.79 Å². The van der Waals surface area contributed by atoms with E-state index in [0.29, 0.717) is 5.92 Å². The largest absolute Gasteiger partial charge is 0.341 e. The van der Waals surface area contributed by atoms with E-state index in [2.05, 4.69) is 11.4 Å². The van der Waals surface area contributed by atoms with Gasteiger partial charge in [-0.05, 0) is 48.3 Å². The number of carbonyl (C=O) groups excluding carboxylic acids is 1. The summed E-state index contributed by atoms with van der Waals surface area (Å²) < 4.78 is 0. The van der Waals surface area contributed by atoms with Gasteiger partial charge in [-0.15, -0.1) is 0 Å². The summed E-state index contributed by atoms with van der Waals surface area (Å²) in [6.45, 7) is 2.93. The fourth-order valence-electron chi connectivity index (χ4n) is 2.88. The highest BCUT2D eigenvalue weighted by molar-refractivity contribution is 5.98. The number of carbonyl (C=O) groups is 1. The lowest BCUT2D eigenvalue weighted by Gasteiger charge is -2.21. The molecule has 1 amide bonds. The number of hydrogen-bond donors (Lipinski definition) is 1. The Balaban J connectivity index is 1.77. The van der Waals surface area contributed by atoms with Crippen molar-refractivity contribution in [3.63, 3.8) is 0 Å². The smallest absolute Gasteiger partial charge is 0.253 e. The molecule has 1 aliphatic rings. The number of fused-ring (bicyclic) bond motifs is 1. The summed E-state index contributed by atoms with van der Waals surface area (Å²) in [6, 6.07) is 14.1. The highest BCUT2D eigenvalue weighted by Gasteiger charge is 2.20. The van der Waals surface area contributed by atoms with Gasteiger partial charge in [0.25, 0.3) is 5.91 Å². The van der Waals surface area contributed by atoms with E-state index >= 15 is 0 Å². The summed E-state index contributed by atoms with van der Waals surface area (Å²) in [5.74, 6) is 0.701. The molecule has 0 aliphatic carbocycles. The van der Waals surface area contributed by atoms with Gasteiger partial charge in [0, 0.05) is 19.2 Å². The van der Waals surface area contributed by atoms with Crippen LogP contribution in [0.1, 0.15) is 16.8 Å². The molecule has 1 fully saturated rings. The first kappa shape index (κ1) is 13.1. The lowest BCUT2D eigenvalue weighted by molar-refractivity contribution is 0.0776. The van der Waals surface area contributed by atoms with Gasteiger partial charge in [0.1, 0.15) is 0 Å². The molecule has 1 aliphatic heterocycles. The van der Waals surface area contributed by atoms with Crippen molar-refractivity contribution in [2.75, 3.05) is 26.7 Å². The Kier molecular flexibility index (Phi) is 3.70. The van der Waals surface area contributed by atoms with Crippen LogP contribution in [-0.4, -0.2) is 37.5 Å². The summed E-state index contributed by atoms with van der Waals surface area (Å²) in [5, 5.41) is 5.64. The van der Waals surface area contributed by atoms with Crippen molar-refractivity contribution in [1.82, 2.24) is 10.2 Å². The first-order chi connectivity index (χ1) is 9.74. The zero-order chi connectivity index (χ0) is 13.9. The first-order valence-electron chi connectivity index (χ1n) is 7.19. The molecule has 3 nitrogen and oxygen atoms in total. The number of nitrogens with zero attached hydrogens (tertiary/aromatic N) is 1. The van der Waals surface area contributed by atoms with Crippen LogP contribution in [0, 0.1) is 5.92 Å². The molecule has 1 N–H and O–H groups in total. The van der Waals surface area contributed by atoms with Crippen LogP contribution >= 0.6 is 0 Å². The molecule has 1 unspecified atom stereocenters. The molecule has 3 rings (SSSR count). The van der Waals surface area contributed by atoms with Gasteiger partial charge in [-0.3, -0.25) is 4.79 Å². The maximum Gasteiger partial charge on any atom is 0.253 e. The Morgan fingerprint density at radius 3 is 2.80 bits per heavy atom. The van der Waals surface area contributed by atoms with E-state index < -0.39 is 0 Å². The predicted molar refractivity (Wildman–Crippen MR) is 81.9 cm³/mol.